The maximum Gasteiger partial charge on any atom is 0.235 e. The summed E-state index contributed by atoms with van der Waals surface area (Å²) >= 11 is 5.98. The van der Waals surface area contributed by atoms with Gasteiger partial charge in [-0.2, -0.15) is 0 Å². The monoisotopic (exact) mass is 329 g/mol. The van der Waals surface area contributed by atoms with Crippen LogP contribution >= 0.6 is 11.6 Å². The van der Waals surface area contributed by atoms with E-state index in [9.17, 15) is 9.90 Å². The summed E-state index contributed by atoms with van der Waals surface area (Å²) in [6.45, 7) is -0.0357. The second kappa shape index (κ2) is 6.73. The number of amides is 1. The minimum atomic E-state index is -0.486. The molecule has 3 nitrogen and oxygen atoms in total. The van der Waals surface area contributed by atoms with Gasteiger partial charge in [0, 0.05) is 10.7 Å². The van der Waals surface area contributed by atoms with Gasteiger partial charge in [-0.3, -0.25) is 4.79 Å². The Hall–Kier alpha value is -1.84. The number of carbonyl (C=O) groups excluding carboxylic acids is 1. The number of hydrogen-bond donors (Lipinski definition) is 2. The van der Waals surface area contributed by atoms with Crippen molar-refractivity contribution < 1.29 is 9.90 Å². The first-order valence-electron chi connectivity index (χ1n) is 7.91. The van der Waals surface area contributed by atoms with Crippen molar-refractivity contribution in [3.63, 3.8) is 0 Å². The van der Waals surface area contributed by atoms with Gasteiger partial charge in [0.05, 0.1) is 12.0 Å². The van der Waals surface area contributed by atoms with Gasteiger partial charge in [-0.05, 0) is 48.2 Å². The van der Waals surface area contributed by atoms with Crippen molar-refractivity contribution in [2.45, 2.75) is 37.7 Å². The fraction of sp³-hybridized carbons (Fsp3) is 0.316. The second-order valence-electron chi connectivity index (χ2n) is 6.11. The molecular formula is C19H20ClNO2. The topological polar surface area (TPSA) is 49.3 Å². The Morgan fingerprint density at radius 1 is 1.13 bits per heavy atom. The third kappa shape index (κ3) is 3.26. The van der Waals surface area contributed by atoms with Gasteiger partial charge in [0.1, 0.15) is 0 Å². The molecule has 0 saturated heterocycles. The summed E-state index contributed by atoms with van der Waals surface area (Å²) in [5.41, 5.74) is 2.05. The minimum absolute atomic E-state index is 0.0208. The fourth-order valence-corrected chi connectivity index (χ4v) is 3.52. The van der Waals surface area contributed by atoms with E-state index in [0.29, 0.717) is 5.02 Å². The SMILES string of the molecule is O=C(Nc1cccc(CO)c1)C1(c2ccc(Cl)cc2)CCCC1. The number of rotatable bonds is 4. The van der Waals surface area contributed by atoms with Gasteiger partial charge in [-0.15, -0.1) is 0 Å². The lowest BCUT2D eigenvalue weighted by molar-refractivity contribution is -0.121. The van der Waals surface area contributed by atoms with Crippen LogP contribution in [0.4, 0.5) is 5.69 Å². The predicted molar refractivity (Wildman–Crippen MR) is 92.6 cm³/mol. The molecule has 2 aromatic carbocycles. The molecule has 1 aliphatic rings. The number of benzene rings is 2. The van der Waals surface area contributed by atoms with E-state index in [1.807, 2.05) is 48.5 Å². The van der Waals surface area contributed by atoms with Gasteiger partial charge in [-0.25, -0.2) is 0 Å². The average Bonchev–Trinajstić information content (AvgIpc) is 3.06. The molecule has 0 aliphatic heterocycles. The summed E-state index contributed by atoms with van der Waals surface area (Å²) in [5.74, 6) is 0.0208. The number of anilines is 1. The van der Waals surface area contributed by atoms with Crippen LogP contribution in [0, 0.1) is 0 Å². The smallest absolute Gasteiger partial charge is 0.235 e. The van der Waals surface area contributed by atoms with Gasteiger partial charge in [0.25, 0.3) is 0 Å². The highest BCUT2D eigenvalue weighted by molar-refractivity contribution is 6.30. The Labute approximate surface area is 141 Å². The van der Waals surface area contributed by atoms with Gasteiger partial charge < -0.3 is 10.4 Å². The molecule has 0 bridgehead atoms. The van der Waals surface area contributed by atoms with Crippen LogP contribution in [0.5, 0.6) is 0 Å². The van der Waals surface area contributed by atoms with E-state index < -0.39 is 5.41 Å². The Morgan fingerprint density at radius 2 is 1.83 bits per heavy atom. The first-order valence-corrected chi connectivity index (χ1v) is 8.29. The molecule has 2 N–H and O–H groups in total. The van der Waals surface area contributed by atoms with E-state index in [4.69, 9.17) is 11.6 Å². The van der Waals surface area contributed by atoms with Crippen molar-refractivity contribution in [1.29, 1.82) is 0 Å². The summed E-state index contributed by atoms with van der Waals surface area (Å²) < 4.78 is 0. The highest BCUT2D eigenvalue weighted by atomic mass is 35.5. The first kappa shape index (κ1) is 16.0. The van der Waals surface area contributed by atoms with Crippen molar-refractivity contribution in [2.75, 3.05) is 5.32 Å². The molecule has 1 amide bonds. The summed E-state index contributed by atoms with van der Waals surface area (Å²) in [5, 5.41) is 12.9. The summed E-state index contributed by atoms with van der Waals surface area (Å²) in [4.78, 5) is 13.0. The molecule has 0 spiro atoms. The molecule has 4 heteroatoms. The van der Waals surface area contributed by atoms with Gasteiger partial charge >= 0.3 is 0 Å². The molecule has 120 valence electrons. The van der Waals surface area contributed by atoms with E-state index in [-0.39, 0.29) is 12.5 Å². The van der Waals surface area contributed by atoms with Crippen LogP contribution in [-0.2, 0) is 16.8 Å². The number of nitrogens with one attached hydrogen (secondary N) is 1. The molecule has 1 aliphatic carbocycles. The van der Waals surface area contributed by atoms with Gasteiger partial charge in [-0.1, -0.05) is 48.7 Å². The van der Waals surface area contributed by atoms with E-state index >= 15 is 0 Å². The van der Waals surface area contributed by atoms with Crippen molar-refractivity contribution in [3.8, 4) is 0 Å². The third-order valence-electron chi connectivity index (χ3n) is 4.66. The quantitative estimate of drug-likeness (QED) is 0.879. The lowest BCUT2D eigenvalue weighted by Crippen LogP contribution is -2.38. The molecule has 0 heterocycles. The van der Waals surface area contributed by atoms with Crippen LogP contribution in [0.15, 0.2) is 48.5 Å². The standard InChI is InChI=1S/C19H20ClNO2/c20-16-8-6-15(7-9-16)19(10-1-2-11-19)18(23)21-17-5-3-4-14(12-17)13-22/h3-9,12,22H,1-2,10-11,13H2,(H,21,23). The van der Waals surface area contributed by atoms with Gasteiger partial charge in [0.2, 0.25) is 5.91 Å². The largest absolute Gasteiger partial charge is 0.392 e. The molecule has 3 rings (SSSR count). The first-order chi connectivity index (χ1) is 11.1. The molecule has 0 unspecified atom stereocenters. The minimum Gasteiger partial charge on any atom is -0.392 e. The lowest BCUT2D eigenvalue weighted by atomic mass is 9.78. The summed E-state index contributed by atoms with van der Waals surface area (Å²) in [7, 11) is 0. The van der Waals surface area contributed by atoms with Crippen LogP contribution in [0.25, 0.3) is 0 Å². The Kier molecular flexibility index (Phi) is 4.69. The third-order valence-corrected chi connectivity index (χ3v) is 4.91. The van der Waals surface area contributed by atoms with Crippen LogP contribution < -0.4 is 5.32 Å². The Bertz CT molecular complexity index is 691. The molecule has 1 saturated carbocycles. The van der Waals surface area contributed by atoms with E-state index in [0.717, 1.165) is 42.5 Å². The highest BCUT2D eigenvalue weighted by Crippen LogP contribution is 2.42. The van der Waals surface area contributed by atoms with Crippen LogP contribution in [0.2, 0.25) is 5.02 Å². The summed E-state index contributed by atoms with van der Waals surface area (Å²) in [6, 6.07) is 14.9. The van der Waals surface area contributed by atoms with Crippen LogP contribution in [0.3, 0.4) is 0 Å². The predicted octanol–water partition coefficient (Wildman–Crippen LogP) is 4.28. The van der Waals surface area contributed by atoms with E-state index in [2.05, 4.69) is 5.32 Å². The number of carbonyl (C=O) groups is 1. The molecular weight excluding hydrogens is 310 g/mol. The molecule has 2 aromatic rings. The van der Waals surface area contributed by atoms with E-state index in [1.54, 1.807) is 0 Å². The molecule has 1 fully saturated rings. The summed E-state index contributed by atoms with van der Waals surface area (Å²) in [6.07, 6.45) is 3.79. The van der Waals surface area contributed by atoms with E-state index in [1.165, 1.54) is 0 Å². The molecule has 0 aromatic heterocycles. The van der Waals surface area contributed by atoms with Crippen molar-refractivity contribution >= 4 is 23.2 Å². The van der Waals surface area contributed by atoms with Crippen LogP contribution in [0.1, 0.15) is 36.8 Å². The van der Waals surface area contributed by atoms with Crippen molar-refractivity contribution in [1.82, 2.24) is 0 Å². The second-order valence-corrected chi connectivity index (χ2v) is 6.55. The number of halogens is 1. The number of hydrogen-bond acceptors (Lipinski definition) is 2. The van der Waals surface area contributed by atoms with Crippen molar-refractivity contribution in [2.24, 2.45) is 0 Å². The molecule has 0 atom stereocenters. The zero-order valence-electron chi connectivity index (χ0n) is 12.9. The highest BCUT2D eigenvalue weighted by Gasteiger charge is 2.42. The zero-order valence-corrected chi connectivity index (χ0v) is 13.6. The van der Waals surface area contributed by atoms with Gasteiger partial charge in [0.15, 0.2) is 0 Å². The average molecular weight is 330 g/mol. The van der Waals surface area contributed by atoms with Crippen molar-refractivity contribution in [3.05, 3.63) is 64.7 Å². The Morgan fingerprint density at radius 3 is 2.48 bits per heavy atom. The number of aliphatic hydroxyl groups excluding tert-OH is 1. The maximum absolute atomic E-state index is 13.0. The zero-order chi connectivity index (χ0) is 16.3. The lowest BCUT2D eigenvalue weighted by Gasteiger charge is -2.28. The fourth-order valence-electron chi connectivity index (χ4n) is 3.39. The van der Waals surface area contributed by atoms with Crippen LogP contribution in [-0.4, -0.2) is 11.0 Å². The Balaban J connectivity index is 1.88. The number of aliphatic hydroxyl groups is 1. The normalized spacial score (nSPS) is 16.3. The molecule has 0 radical (unpaired) electrons. The molecule has 23 heavy (non-hydrogen) atoms. The maximum atomic E-state index is 13.0.